The lowest BCUT2D eigenvalue weighted by atomic mass is 10.1. The van der Waals surface area contributed by atoms with E-state index in [9.17, 15) is 4.79 Å². The number of aromatic amines is 1. The lowest BCUT2D eigenvalue weighted by Crippen LogP contribution is -2.12. The summed E-state index contributed by atoms with van der Waals surface area (Å²) in [6.07, 6.45) is 1.76. The molecule has 130 valence electrons. The highest BCUT2D eigenvalue weighted by Gasteiger charge is 2.12. The van der Waals surface area contributed by atoms with E-state index in [1.165, 1.54) is 5.56 Å². The fourth-order valence-electron chi connectivity index (χ4n) is 3.28. The highest BCUT2D eigenvalue weighted by atomic mass is 16.1. The molecule has 0 aliphatic rings. The number of fused-ring (bicyclic) bond motifs is 1. The third-order valence-corrected chi connectivity index (χ3v) is 4.51. The van der Waals surface area contributed by atoms with E-state index in [1.807, 2.05) is 48.0 Å². The maximum atomic E-state index is 12.7. The van der Waals surface area contributed by atoms with Gasteiger partial charge in [-0.1, -0.05) is 12.1 Å². The van der Waals surface area contributed by atoms with Crippen molar-refractivity contribution in [3.8, 4) is 5.69 Å². The molecular weight excluding hydrogens is 324 g/mol. The molecule has 0 radical (unpaired) electrons. The molecule has 0 fully saturated rings. The van der Waals surface area contributed by atoms with Crippen LogP contribution in [0.25, 0.3) is 16.6 Å². The number of aromatic nitrogens is 3. The van der Waals surface area contributed by atoms with E-state index >= 15 is 0 Å². The molecule has 0 bridgehead atoms. The summed E-state index contributed by atoms with van der Waals surface area (Å²) in [6, 6.07) is 15.7. The molecule has 5 nitrogen and oxygen atoms in total. The zero-order valence-corrected chi connectivity index (χ0v) is 15.0. The minimum atomic E-state index is -0.160. The van der Waals surface area contributed by atoms with Crippen LogP contribution in [0.1, 0.15) is 27.3 Å². The van der Waals surface area contributed by atoms with Crippen LogP contribution in [0.3, 0.4) is 0 Å². The molecule has 0 saturated heterocycles. The van der Waals surface area contributed by atoms with Crippen molar-refractivity contribution >= 4 is 22.5 Å². The Hall–Kier alpha value is -3.34. The highest BCUT2D eigenvalue weighted by molar-refractivity contribution is 6.06. The van der Waals surface area contributed by atoms with E-state index in [2.05, 4.69) is 41.4 Å². The Bertz CT molecular complexity index is 1120. The fraction of sp³-hybridized carbons (Fsp3) is 0.143. The summed E-state index contributed by atoms with van der Waals surface area (Å²) < 4.78 is 1.84. The smallest absolute Gasteiger partial charge is 0.272 e. The predicted octanol–water partition coefficient (Wildman–Crippen LogP) is 4.53. The van der Waals surface area contributed by atoms with Crippen LogP contribution in [0.15, 0.2) is 54.7 Å². The van der Waals surface area contributed by atoms with Crippen molar-refractivity contribution in [3.63, 3.8) is 0 Å². The first-order valence-electron chi connectivity index (χ1n) is 8.53. The molecule has 26 heavy (non-hydrogen) atoms. The number of H-pyrrole nitrogens is 1. The molecule has 4 aromatic rings. The van der Waals surface area contributed by atoms with Gasteiger partial charge in [0.1, 0.15) is 5.69 Å². The molecule has 0 unspecified atom stereocenters. The van der Waals surface area contributed by atoms with Gasteiger partial charge in [0.2, 0.25) is 0 Å². The van der Waals surface area contributed by atoms with Crippen LogP contribution in [0.2, 0.25) is 0 Å². The predicted molar refractivity (Wildman–Crippen MR) is 104 cm³/mol. The number of rotatable bonds is 3. The van der Waals surface area contributed by atoms with Gasteiger partial charge in [-0.3, -0.25) is 4.79 Å². The Morgan fingerprint density at radius 2 is 1.92 bits per heavy atom. The van der Waals surface area contributed by atoms with Crippen molar-refractivity contribution < 1.29 is 4.79 Å². The number of aryl methyl sites for hydroxylation is 3. The molecule has 1 amide bonds. The van der Waals surface area contributed by atoms with Gasteiger partial charge in [-0.2, -0.15) is 5.10 Å². The normalized spacial score (nSPS) is 11.0. The number of anilines is 1. The monoisotopic (exact) mass is 344 g/mol. The number of carbonyl (C=O) groups excluding carboxylic acids is 1. The van der Waals surface area contributed by atoms with Gasteiger partial charge in [-0.15, -0.1) is 0 Å². The molecule has 0 atom stereocenters. The van der Waals surface area contributed by atoms with E-state index in [4.69, 9.17) is 0 Å². The molecule has 2 heterocycles. The Morgan fingerprint density at radius 1 is 1.08 bits per heavy atom. The second-order valence-corrected chi connectivity index (χ2v) is 6.61. The van der Waals surface area contributed by atoms with Crippen LogP contribution >= 0.6 is 0 Å². The van der Waals surface area contributed by atoms with E-state index in [1.54, 1.807) is 6.20 Å². The van der Waals surface area contributed by atoms with Crippen molar-refractivity contribution in [1.29, 1.82) is 0 Å². The Balaban J connectivity index is 1.63. The summed E-state index contributed by atoms with van der Waals surface area (Å²) in [7, 11) is 0. The fourth-order valence-corrected chi connectivity index (χ4v) is 3.28. The summed E-state index contributed by atoms with van der Waals surface area (Å²) in [6.45, 7) is 6.10. The first-order chi connectivity index (χ1) is 12.5. The molecule has 0 saturated carbocycles. The number of carbonyl (C=O) groups is 1. The largest absolute Gasteiger partial charge is 0.351 e. The number of nitrogens with zero attached hydrogens (tertiary/aromatic N) is 2. The zero-order chi connectivity index (χ0) is 18.3. The van der Waals surface area contributed by atoms with Gasteiger partial charge in [-0.05, 0) is 68.3 Å². The van der Waals surface area contributed by atoms with E-state index in [0.717, 1.165) is 33.5 Å². The molecule has 5 heteroatoms. The summed E-state index contributed by atoms with van der Waals surface area (Å²) in [4.78, 5) is 15.9. The van der Waals surface area contributed by atoms with Gasteiger partial charge in [0, 0.05) is 28.5 Å². The van der Waals surface area contributed by atoms with Crippen LogP contribution in [0, 0.1) is 20.8 Å². The van der Waals surface area contributed by atoms with Crippen LogP contribution in [-0.4, -0.2) is 20.7 Å². The maximum absolute atomic E-state index is 12.7. The summed E-state index contributed by atoms with van der Waals surface area (Å²) in [5.41, 5.74) is 6.54. The first-order valence-corrected chi connectivity index (χ1v) is 8.53. The standard InChI is InChI=1S/C21H20N4O/c1-13-9-14(2)18-12-20(24-19(18)10-13)21(26)23-16-5-4-6-17(11-16)25-15(3)7-8-22-25/h4-12,24H,1-3H3,(H,23,26). The van der Waals surface area contributed by atoms with Crippen molar-refractivity contribution in [1.82, 2.24) is 14.8 Å². The quantitative estimate of drug-likeness (QED) is 0.573. The van der Waals surface area contributed by atoms with E-state index < -0.39 is 0 Å². The number of hydrogen-bond donors (Lipinski definition) is 2. The van der Waals surface area contributed by atoms with E-state index in [-0.39, 0.29) is 5.91 Å². The SMILES string of the molecule is Cc1cc(C)c2cc(C(=O)Nc3cccc(-n4nccc4C)c3)[nH]c2c1. The molecule has 2 aromatic carbocycles. The van der Waals surface area contributed by atoms with Gasteiger partial charge in [-0.25, -0.2) is 4.68 Å². The molecule has 0 spiro atoms. The van der Waals surface area contributed by atoms with Gasteiger partial charge < -0.3 is 10.3 Å². The number of nitrogens with one attached hydrogen (secondary N) is 2. The molecule has 2 N–H and O–H groups in total. The Kier molecular flexibility index (Phi) is 3.84. The molecule has 0 aliphatic carbocycles. The summed E-state index contributed by atoms with van der Waals surface area (Å²) in [5.74, 6) is -0.160. The van der Waals surface area contributed by atoms with Crippen molar-refractivity contribution in [2.24, 2.45) is 0 Å². The maximum Gasteiger partial charge on any atom is 0.272 e. The van der Waals surface area contributed by atoms with Crippen LogP contribution in [0.5, 0.6) is 0 Å². The lowest BCUT2D eigenvalue weighted by Gasteiger charge is -2.08. The van der Waals surface area contributed by atoms with E-state index in [0.29, 0.717) is 5.69 Å². The minimum Gasteiger partial charge on any atom is -0.351 e. The van der Waals surface area contributed by atoms with Crippen LogP contribution in [-0.2, 0) is 0 Å². The lowest BCUT2D eigenvalue weighted by molar-refractivity contribution is 0.102. The molecule has 2 aromatic heterocycles. The Labute approximate surface area is 151 Å². The van der Waals surface area contributed by atoms with Crippen molar-refractivity contribution in [2.45, 2.75) is 20.8 Å². The molecular formula is C21H20N4O. The Morgan fingerprint density at radius 3 is 2.69 bits per heavy atom. The molecule has 0 aliphatic heterocycles. The zero-order valence-electron chi connectivity index (χ0n) is 15.0. The van der Waals surface area contributed by atoms with Crippen LogP contribution < -0.4 is 5.32 Å². The topological polar surface area (TPSA) is 62.7 Å². The molecule has 4 rings (SSSR count). The van der Waals surface area contributed by atoms with Crippen molar-refractivity contribution in [3.05, 3.63) is 77.2 Å². The van der Waals surface area contributed by atoms with Crippen molar-refractivity contribution in [2.75, 3.05) is 5.32 Å². The summed E-state index contributed by atoms with van der Waals surface area (Å²) >= 11 is 0. The first kappa shape index (κ1) is 16.1. The third-order valence-electron chi connectivity index (χ3n) is 4.51. The third kappa shape index (κ3) is 2.88. The van der Waals surface area contributed by atoms with Crippen LogP contribution in [0.4, 0.5) is 5.69 Å². The second-order valence-electron chi connectivity index (χ2n) is 6.61. The van der Waals surface area contributed by atoms with Gasteiger partial charge >= 0.3 is 0 Å². The average molecular weight is 344 g/mol. The van der Waals surface area contributed by atoms with Gasteiger partial charge in [0.15, 0.2) is 0 Å². The van der Waals surface area contributed by atoms with Gasteiger partial charge in [0.25, 0.3) is 5.91 Å². The minimum absolute atomic E-state index is 0.160. The number of benzene rings is 2. The van der Waals surface area contributed by atoms with Gasteiger partial charge in [0.05, 0.1) is 5.69 Å². The number of hydrogen-bond acceptors (Lipinski definition) is 2. The number of amides is 1. The highest BCUT2D eigenvalue weighted by Crippen LogP contribution is 2.22. The summed E-state index contributed by atoms with van der Waals surface area (Å²) in [5, 5.41) is 8.34. The second kappa shape index (κ2) is 6.19. The average Bonchev–Trinajstić information content (AvgIpc) is 3.21.